The Labute approximate surface area is 128 Å². The minimum absolute atomic E-state index is 0.0999. The lowest BCUT2D eigenvalue weighted by molar-refractivity contribution is 0.548. The molecule has 0 heterocycles. The topological polar surface area (TPSA) is 0 Å². The van der Waals surface area contributed by atoms with Crippen molar-refractivity contribution in [1.82, 2.24) is 0 Å². The third kappa shape index (κ3) is 3.42. The molecule has 1 atom stereocenters. The van der Waals surface area contributed by atoms with Crippen molar-refractivity contribution < 1.29 is 8.78 Å². The summed E-state index contributed by atoms with van der Waals surface area (Å²) >= 11 is 6.74. The van der Waals surface area contributed by atoms with Crippen LogP contribution in [0.25, 0.3) is 0 Å². The molecule has 2 aromatic rings. The van der Waals surface area contributed by atoms with Crippen molar-refractivity contribution in [3.8, 4) is 0 Å². The zero-order chi connectivity index (χ0) is 14.0. The van der Waals surface area contributed by atoms with Crippen molar-refractivity contribution in [1.29, 1.82) is 0 Å². The van der Waals surface area contributed by atoms with E-state index < -0.39 is 11.6 Å². The summed E-state index contributed by atoms with van der Waals surface area (Å²) in [6.07, 6.45) is 0.532. The number of aryl methyl sites for hydroxylation is 1. The van der Waals surface area contributed by atoms with Crippen LogP contribution in [0.2, 0.25) is 0 Å². The zero-order valence-electron chi connectivity index (χ0n) is 10.3. The van der Waals surface area contributed by atoms with Crippen LogP contribution in [0.3, 0.4) is 0 Å². The Morgan fingerprint density at radius 1 is 1.05 bits per heavy atom. The van der Waals surface area contributed by atoms with Gasteiger partial charge in [-0.05, 0) is 42.7 Å². The minimum atomic E-state index is -0.512. The minimum Gasteiger partial charge on any atom is -0.207 e. The van der Waals surface area contributed by atoms with Crippen LogP contribution < -0.4 is 0 Å². The highest BCUT2D eigenvalue weighted by Crippen LogP contribution is 2.32. The van der Waals surface area contributed by atoms with Gasteiger partial charge < -0.3 is 0 Å². The molecule has 0 spiro atoms. The maximum absolute atomic E-state index is 14.0. The Kier molecular flexibility index (Phi) is 4.74. The van der Waals surface area contributed by atoms with E-state index in [4.69, 9.17) is 0 Å². The summed E-state index contributed by atoms with van der Waals surface area (Å²) in [6.45, 7) is 1.64. The van der Waals surface area contributed by atoms with Gasteiger partial charge in [-0.3, -0.25) is 0 Å². The number of benzene rings is 2. The van der Waals surface area contributed by atoms with Crippen molar-refractivity contribution in [3.05, 3.63) is 69.2 Å². The average Bonchev–Trinajstić information content (AvgIpc) is 2.37. The first kappa shape index (κ1) is 14.7. The first-order valence-electron chi connectivity index (χ1n) is 5.82. The molecule has 0 aromatic heterocycles. The van der Waals surface area contributed by atoms with E-state index in [1.54, 1.807) is 6.92 Å². The molecule has 2 aromatic carbocycles. The van der Waals surface area contributed by atoms with Crippen molar-refractivity contribution in [3.63, 3.8) is 0 Å². The maximum atomic E-state index is 14.0. The van der Waals surface area contributed by atoms with Crippen LogP contribution in [-0.2, 0) is 6.42 Å². The van der Waals surface area contributed by atoms with Gasteiger partial charge in [0.25, 0.3) is 0 Å². The summed E-state index contributed by atoms with van der Waals surface area (Å²) in [5.74, 6) is -0.985. The number of hydrogen-bond acceptors (Lipinski definition) is 0. The van der Waals surface area contributed by atoms with Gasteiger partial charge in [-0.2, -0.15) is 0 Å². The van der Waals surface area contributed by atoms with Crippen LogP contribution in [0.1, 0.15) is 21.5 Å². The van der Waals surface area contributed by atoms with Gasteiger partial charge in [0.05, 0.1) is 0 Å². The molecule has 0 aliphatic heterocycles. The monoisotopic (exact) mass is 388 g/mol. The van der Waals surface area contributed by atoms with Crippen LogP contribution >= 0.6 is 31.9 Å². The highest BCUT2D eigenvalue weighted by molar-refractivity contribution is 9.10. The molecule has 2 rings (SSSR count). The predicted octanol–water partition coefficient (Wildman–Crippen LogP) is 5.71. The lowest BCUT2D eigenvalue weighted by Crippen LogP contribution is -2.03. The second kappa shape index (κ2) is 6.14. The Morgan fingerprint density at radius 2 is 1.68 bits per heavy atom. The molecular formula is C15H12Br2F2. The van der Waals surface area contributed by atoms with Crippen molar-refractivity contribution in [2.75, 3.05) is 0 Å². The van der Waals surface area contributed by atoms with E-state index in [1.807, 2.05) is 24.3 Å². The quantitative estimate of drug-likeness (QED) is 0.589. The Bertz CT molecular complexity index is 579. The second-order valence-electron chi connectivity index (χ2n) is 4.39. The summed E-state index contributed by atoms with van der Waals surface area (Å²) in [5, 5.41) is 0. The highest BCUT2D eigenvalue weighted by Gasteiger charge is 2.19. The van der Waals surface area contributed by atoms with Gasteiger partial charge in [0, 0.05) is 14.9 Å². The molecule has 100 valence electrons. The first-order valence-corrected chi connectivity index (χ1v) is 7.53. The largest absolute Gasteiger partial charge is 0.207 e. The molecule has 0 N–H and O–H groups in total. The van der Waals surface area contributed by atoms with Crippen LogP contribution in [-0.4, -0.2) is 0 Å². The maximum Gasteiger partial charge on any atom is 0.133 e. The van der Waals surface area contributed by atoms with Gasteiger partial charge in [-0.15, -0.1) is 0 Å². The fourth-order valence-corrected chi connectivity index (χ4v) is 2.95. The van der Waals surface area contributed by atoms with E-state index in [-0.39, 0.29) is 10.4 Å². The van der Waals surface area contributed by atoms with Crippen molar-refractivity contribution in [2.24, 2.45) is 0 Å². The molecule has 0 nitrogen and oxygen atoms in total. The number of hydrogen-bond donors (Lipinski definition) is 0. The average molecular weight is 390 g/mol. The first-order chi connectivity index (χ1) is 8.99. The molecule has 0 radical (unpaired) electrons. The van der Waals surface area contributed by atoms with Gasteiger partial charge in [-0.25, -0.2) is 8.78 Å². The Hall–Kier alpha value is -0.740. The highest BCUT2D eigenvalue weighted by atomic mass is 79.9. The molecular weight excluding hydrogens is 378 g/mol. The fraction of sp³-hybridized carbons (Fsp3) is 0.200. The SMILES string of the molecule is Cc1ccc(F)c(C(Br)Cc2ccc(Br)cc2)c1F. The molecule has 0 saturated heterocycles. The summed E-state index contributed by atoms with van der Waals surface area (Å²) in [6, 6.07) is 10.5. The molecule has 0 fully saturated rings. The summed E-state index contributed by atoms with van der Waals surface area (Å²) in [4.78, 5) is -0.381. The molecule has 19 heavy (non-hydrogen) atoms. The van der Waals surface area contributed by atoms with Gasteiger partial charge in [-0.1, -0.05) is 50.1 Å². The normalized spacial score (nSPS) is 12.5. The van der Waals surface area contributed by atoms with Gasteiger partial charge in [0.1, 0.15) is 11.6 Å². The molecule has 0 saturated carbocycles. The number of alkyl halides is 1. The van der Waals surface area contributed by atoms with E-state index in [0.29, 0.717) is 12.0 Å². The van der Waals surface area contributed by atoms with Crippen LogP contribution in [0.15, 0.2) is 40.9 Å². The smallest absolute Gasteiger partial charge is 0.133 e. The molecule has 0 bridgehead atoms. The standard InChI is InChI=1S/C15H12Br2F2/c1-9-2-7-13(18)14(15(9)19)12(17)8-10-3-5-11(16)6-4-10/h2-7,12H,8H2,1H3. The number of halogens is 4. The summed E-state index contributed by atoms with van der Waals surface area (Å²) < 4.78 is 28.8. The molecule has 1 unspecified atom stereocenters. The molecule has 0 aliphatic rings. The lowest BCUT2D eigenvalue weighted by Gasteiger charge is -2.14. The van der Waals surface area contributed by atoms with Crippen molar-refractivity contribution >= 4 is 31.9 Å². The van der Waals surface area contributed by atoms with Gasteiger partial charge >= 0.3 is 0 Å². The van der Waals surface area contributed by atoms with Crippen molar-refractivity contribution in [2.45, 2.75) is 18.2 Å². The van der Waals surface area contributed by atoms with Crippen LogP contribution in [0, 0.1) is 18.6 Å². The fourth-order valence-electron chi connectivity index (χ4n) is 1.89. The predicted molar refractivity (Wildman–Crippen MR) is 80.6 cm³/mol. The van der Waals surface area contributed by atoms with E-state index in [2.05, 4.69) is 31.9 Å². The van der Waals surface area contributed by atoms with E-state index in [1.165, 1.54) is 12.1 Å². The number of rotatable bonds is 3. The second-order valence-corrected chi connectivity index (χ2v) is 6.41. The third-order valence-corrected chi connectivity index (χ3v) is 4.27. The van der Waals surface area contributed by atoms with Gasteiger partial charge in [0.15, 0.2) is 0 Å². The van der Waals surface area contributed by atoms with Gasteiger partial charge in [0.2, 0.25) is 0 Å². The molecule has 0 amide bonds. The summed E-state index contributed by atoms with van der Waals surface area (Å²) in [7, 11) is 0. The summed E-state index contributed by atoms with van der Waals surface area (Å²) in [5.41, 5.74) is 1.57. The third-order valence-electron chi connectivity index (χ3n) is 2.96. The lowest BCUT2D eigenvalue weighted by atomic mass is 10.0. The van der Waals surface area contributed by atoms with E-state index in [0.717, 1.165) is 10.0 Å². The van der Waals surface area contributed by atoms with E-state index in [9.17, 15) is 8.78 Å². The van der Waals surface area contributed by atoms with Crippen LogP contribution in [0.4, 0.5) is 8.78 Å². The van der Waals surface area contributed by atoms with E-state index >= 15 is 0 Å². The zero-order valence-corrected chi connectivity index (χ0v) is 13.4. The Morgan fingerprint density at radius 3 is 2.32 bits per heavy atom. The van der Waals surface area contributed by atoms with Crippen LogP contribution in [0.5, 0.6) is 0 Å². The Balaban J connectivity index is 2.27. The molecule has 0 aliphatic carbocycles. The molecule has 4 heteroatoms.